The van der Waals surface area contributed by atoms with Gasteiger partial charge in [0.05, 0.1) is 18.8 Å². The first-order valence-electron chi connectivity index (χ1n) is 7.80. The minimum atomic E-state index is -0.519. The van der Waals surface area contributed by atoms with E-state index < -0.39 is 6.10 Å². The van der Waals surface area contributed by atoms with Gasteiger partial charge in [-0.15, -0.1) is 5.10 Å². The minimum absolute atomic E-state index is 0.285. The van der Waals surface area contributed by atoms with E-state index in [4.69, 9.17) is 0 Å². The van der Waals surface area contributed by atoms with E-state index in [1.165, 1.54) is 0 Å². The van der Waals surface area contributed by atoms with Crippen LogP contribution in [0.2, 0.25) is 0 Å². The van der Waals surface area contributed by atoms with Crippen LogP contribution in [0.25, 0.3) is 0 Å². The zero-order valence-electron chi connectivity index (χ0n) is 13.5. The van der Waals surface area contributed by atoms with Crippen molar-refractivity contribution < 1.29 is 9.90 Å². The van der Waals surface area contributed by atoms with E-state index in [-0.39, 0.29) is 6.03 Å². The summed E-state index contributed by atoms with van der Waals surface area (Å²) in [5.41, 5.74) is 1.11. The molecule has 0 saturated heterocycles. The van der Waals surface area contributed by atoms with Crippen molar-refractivity contribution in [2.75, 3.05) is 18.4 Å². The molecule has 2 N–H and O–H groups in total. The van der Waals surface area contributed by atoms with Crippen molar-refractivity contribution in [2.45, 2.75) is 32.9 Å². The van der Waals surface area contributed by atoms with E-state index in [9.17, 15) is 9.90 Å². The number of carbonyl (C=O) groups is 1. The molecule has 2 amide bonds. The van der Waals surface area contributed by atoms with Crippen LogP contribution in [0.3, 0.4) is 0 Å². The first kappa shape index (κ1) is 17.0. The summed E-state index contributed by atoms with van der Waals surface area (Å²) in [7, 11) is 0. The molecular formula is C16H23N5O2. The molecule has 0 bridgehead atoms. The largest absolute Gasteiger partial charge is 0.391 e. The Morgan fingerprint density at radius 2 is 2.09 bits per heavy atom. The van der Waals surface area contributed by atoms with Gasteiger partial charge in [-0.25, -0.2) is 9.48 Å². The fourth-order valence-corrected chi connectivity index (χ4v) is 2.13. The molecule has 23 heavy (non-hydrogen) atoms. The van der Waals surface area contributed by atoms with Crippen LogP contribution in [0.5, 0.6) is 0 Å². The third-order valence-corrected chi connectivity index (χ3v) is 3.53. The van der Waals surface area contributed by atoms with Gasteiger partial charge in [-0.1, -0.05) is 42.5 Å². The molecule has 1 aromatic carbocycles. The molecule has 1 unspecified atom stereocenters. The van der Waals surface area contributed by atoms with Gasteiger partial charge in [0.1, 0.15) is 0 Å². The molecule has 0 radical (unpaired) electrons. The van der Waals surface area contributed by atoms with E-state index in [1.54, 1.807) is 15.8 Å². The van der Waals surface area contributed by atoms with Crippen molar-refractivity contribution in [1.82, 2.24) is 19.9 Å². The van der Waals surface area contributed by atoms with E-state index in [1.807, 2.05) is 44.2 Å². The maximum atomic E-state index is 12.2. The molecule has 1 aromatic heterocycles. The number of amides is 2. The highest BCUT2D eigenvalue weighted by atomic mass is 16.3. The Kier molecular flexibility index (Phi) is 6.10. The summed E-state index contributed by atoms with van der Waals surface area (Å²) >= 11 is 0. The Labute approximate surface area is 135 Å². The number of rotatable bonds is 7. The van der Waals surface area contributed by atoms with Crippen molar-refractivity contribution >= 4 is 11.8 Å². The zero-order chi connectivity index (χ0) is 16.7. The van der Waals surface area contributed by atoms with Crippen LogP contribution < -0.4 is 5.32 Å². The van der Waals surface area contributed by atoms with Crippen LogP contribution in [-0.4, -0.2) is 50.2 Å². The number of nitrogens with one attached hydrogen (secondary N) is 1. The Morgan fingerprint density at radius 3 is 2.74 bits per heavy atom. The zero-order valence-corrected chi connectivity index (χ0v) is 13.5. The second-order valence-corrected chi connectivity index (χ2v) is 5.32. The van der Waals surface area contributed by atoms with Crippen molar-refractivity contribution in [1.29, 1.82) is 0 Å². The summed E-state index contributed by atoms with van der Waals surface area (Å²) in [6, 6.07) is 9.61. The summed E-state index contributed by atoms with van der Waals surface area (Å²) < 4.78 is 1.67. The van der Waals surface area contributed by atoms with Gasteiger partial charge in [-0.2, -0.15) is 0 Å². The normalized spacial score (nSPS) is 12.0. The number of anilines is 1. The number of hydrogen-bond donors (Lipinski definition) is 2. The number of benzene rings is 1. The molecule has 1 heterocycles. The molecule has 0 spiro atoms. The molecule has 0 saturated carbocycles. The lowest BCUT2D eigenvalue weighted by atomic mass is 10.2. The maximum absolute atomic E-state index is 12.2. The predicted octanol–water partition coefficient (Wildman–Crippen LogP) is 1.95. The predicted molar refractivity (Wildman–Crippen MR) is 88.1 cm³/mol. The van der Waals surface area contributed by atoms with Crippen molar-refractivity contribution in [3.8, 4) is 0 Å². The number of hydrogen-bond acceptors (Lipinski definition) is 4. The number of aliphatic hydroxyl groups is 1. The molecule has 0 aliphatic heterocycles. The SMILES string of the molecule is CCC(O)CN(CC)C(=O)Nc1cn(Cc2ccccc2)nn1. The molecule has 124 valence electrons. The lowest BCUT2D eigenvalue weighted by molar-refractivity contribution is 0.124. The minimum Gasteiger partial charge on any atom is -0.391 e. The highest BCUT2D eigenvalue weighted by Gasteiger charge is 2.16. The van der Waals surface area contributed by atoms with E-state index in [0.717, 1.165) is 5.56 Å². The third kappa shape index (κ3) is 5.07. The fraction of sp³-hybridized carbons (Fsp3) is 0.438. The molecule has 7 heteroatoms. The van der Waals surface area contributed by atoms with Crippen molar-refractivity contribution in [3.63, 3.8) is 0 Å². The number of aromatic nitrogens is 3. The summed E-state index contributed by atoms with van der Waals surface area (Å²) in [5.74, 6) is 0.398. The third-order valence-electron chi connectivity index (χ3n) is 3.53. The molecule has 0 aliphatic carbocycles. The summed E-state index contributed by atoms with van der Waals surface area (Å²) in [6.07, 6.45) is 1.78. The summed E-state index contributed by atoms with van der Waals surface area (Å²) in [5, 5.41) is 20.4. The van der Waals surface area contributed by atoms with Crippen molar-refractivity contribution in [3.05, 3.63) is 42.1 Å². The maximum Gasteiger partial charge on any atom is 0.323 e. The monoisotopic (exact) mass is 317 g/mol. The van der Waals surface area contributed by atoms with E-state index >= 15 is 0 Å². The van der Waals surface area contributed by atoms with Gasteiger partial charge < -0.3 is 10.0 Å². The Balaban J connectivity index is 1.93. The van der Waals surface area contributed by atoms with Crippen LogP contribution in [0.4, 0.5) is 10.6 Å². The molecule has 2 aromatic rings. The van der Waals surface area contributed by atoms with Crippen LogP contribution >= 0.6 is 0 Å². The van der Waals surface area contributed by atoms with E-state index in [2.05, 4.69) is 15.6 Å². The van der Waals surface area contributed by atoms with Gasteiger partial charge >= 0.3 is 6.03 Å². The van der Waals surface area contributed by atoms with Crippen LogP contribution in [0.15, 0.2) is 36.5 Å². The standard InChI is InChI=1S/C16H23N5O2/c1-3-14(22)11-20(4-2)16(23)17-15-12-21(19-18-15)10-13-8-6-5-7-9-13/h5-9,12,14,22H,3-4,10-11H2,1-2H3,(H,17,23). The molecular weight excluding hydrogens is 294 g/mol. The van der Waals surface area contributed by atoms with Gasteiger partial charge in [0, 0.05) is 13.1 Å². The number of carbonyl (C=O) groups excluding carboxylic acids is 1. The first-order chi connectivity index (χ1) is 11.1. The Morgan fingerprint density at radius 1 is 1.35 bits per heavy atom. The number of aliphatic hydroxyl groups excluding tert-OH is 1. The number of nitrogens with zero attached hydrogens (tertiary/aromatic N) is 4. The van der Waals surface area contributed by atoms with Gasteiger partial charge in [-0.05, 0) is 18.9 Å². The first-order valence-corrected chi connectivity index (χ1v) is 7.80. The molecule has 7 nitrogen and oxygen atoms in total. The second kappa shape index (κ2) is 8.28. The highest BCUT2D eigenvalue weighted by molar-refractivity contribution is 5.88. The number of likely N-dealkylation sites (N-methyl/N-ethyl adjacent to an activating group) is 1. The highest BCUT2D eigenvalue weighted by Crippen LogP contribution is 2.07. The van der Waals surface area contributed by atoms with Gasteiger partial charge in [0.2, 0.25) is 0 Å². The van der Waals surface area contributed by atoms with Crippen LogP contribution in [0.1, 0.15) is 25.8 Å². The summed E-state index contributed by atoms with van der Waals surface area (Å²) in [6.45, 7) is 5.16. The summed E-state index contributed by atoms with van der Waals surface area (Å²) in [4.78, 5) is 13.7. The van der Waals surface area contributed by atoms with Crippen LogP contribution in [0, 0.1) is 0 Å². The lowest BCUT2D eigenvalue weighted by Crippen LogP contribution is -2.40. The van der Waals surface area contributed by atoms with Crippen LogP contribution in [-0.2, 0) is 6.54 Å². The Bertz CT molecular complexity index is 614. The second-order valence-electron chi connectivity index (χ2n) is 5.32. The molecule has 2 rings (SSSR count). The van der Waals surface area contributed by atoms with Gasteiger partial charge in [0.25, 0.3) is 0 Å². The topological polar surface area (TPSA) is 83.3 Å². The molecule has 1 atom stereocenters. The number of urea groups is 1. The van der Waals surface area contributed by atoms with Gasteiger partial charge in [0.15, 0.2) is 5.82 Å². The van der Waals surface area contributed by atoms with Gasteiger partial charge in [-0.3, -0.25) is 5.32 Å². The molecule has 0 fully saturated rings. The molecule has 0 aliphatic rings. The fourth-order valence-electron chi connectivity index (χ4n) is 2.13. The lowest BCUT2D eigenvalue weighted by Gasteiger charge is -2.23. The average Bonchev–Trinajstić information content (AvgIpc) is 3.00. The Hall–Kier alpha value is -2.41. The smallest absolute Gasteiger partial charge is 0.323 e. The van der Waals surface area contributed by atoms with E-state index in [0.29, 0.717) is 31.9 Å². The average molecular weight is 317 g/mol. The van der Waals surface area contributed by atoms with Crippen molar-refractivity contribution in [2.24, 2.45) is 0 Å². The quantitative estimate of drug-likeness (QED) is 0.817.